The highest BCUT2D eigenvalue weighted by Crippen LogP contribution is 2.66. The molecule has 0 fully saturated rings. The van der Waals surface area contributed by atoms with E-state index in [4.69, 9.17) is 30.1 Å². The van der Waals surface area contributed by atoms with Crippen LogP contribution in [0.2, 0.25) is 5.02 Å². The van der Waals surface area contributed by atoms with Crippen molar-refractivity contribution < 1.29 is 41.5 Å². The minimum atomic E-state index is -4.78. The molecule has 0 heterocycles. The van der Waals surface area contributed by atoms with Crippen molar-refractivity contribution in [1.29, 1.82) is 0 Å². The molecule has 0 radical (unpaired) electrons. The molecular formula is C31H36ClF2N2O7P. The number of halogens is 3. The van der Waals surface area contributed by atoms with E-state index >= 15 is 8.78 Å². The summed E-state index contributed by atoms with van der Waals surface area (Å²) in [5, 5.41) is 5.91. The minimum Gasteiger partial charge on any atom is -0.494 e. The van der Waals surface area contributed by atoms with Gasteiger partial charge in [-0.05, 0) is 55.7 Å². The van der Waals surface area contributed by atoms with Gasteiger partial charge in [-0.3, -0.25) is 9.36 Å². The first-order chi connectivity index (χ1) is 21.1. The number of nitrogens with one attached hydrogen (secondary N) is 2. The van der Waals surface area contributed by atoms with Gasteiger partial charge in [-0.2, -0.15) is 8.78 Å². The summed E-state index contributed by atoms with van der Waals surface area (Å²) in [5.41, 5.74) is -3.25. The first kappa shape index (κ1) is 35.0. The lowest BCUT2D eigenvalue weighted by molar-refractivity contribution is -0.123. The van der Waals surface area contributed by atoms with Crippen LogP contribution < -0.4 is 15.4 Å². The van der Waals surface area contributed by atoms with Gasteiger partial charge in [-0.25, -0.2) is 4.79 Å². The fourth-order valence-corrected chi connectivity index (χ4v) is 5.69. The topological polar surface area (TPSA) is 112 Å². The van der Waals surface area contributed by atoms with Crippen LogP contribution >= 0.6 is 19.2 Å². The summed E-state index contributed by atoms with van der Waals surface area (Å²) in [4.78, 5) is 25.7. The van der Waals surface area contributed by atoms with E-state index in [0.717, 1.165) is 17.7 Å². The van der Waals surface area contributed by atoms with Gasteiger partial charge in [-0.1, -0.05) is 66.2 Å². The second-order valence-electron chi connectivity index (χ2n) is 9.48. The number of hydrogen-bond acceptors (Lipinski definition) is 7. The SMILES string of the molecule is CCOP(=O)(OCC)C(F)(F)c1ccc(C[C@H](NC(=O)OCc2ccccc2)C(=O)NCCCOc2ccc(Cl)cc2)cc1. The van der Waals surface area contributed by atoms with Crippen LogP contribution in [0.15, 0.2) is 78.9 Å². The molecule has 44 heavy (non-hydrogen) atoms. The predicted molar refractivity (Wildman–Crippen MR) is 163 cm³/mol. The van der Waals surface area contributed by atoms with Crippen molar-refractivity contribution in [2.24, 2.45) is 0 Å². The van der Waals surface area contributed by atoms with E-state index in [-0.39, 0.29) is 32.8 Å². The molecule has 3 aromatic carbocycles. The van der Waals surface area contributed by atoms with Crippen molar-refractivity contribution in [3.8, 4) is 5.75 Å². The van der Waals surface area contributed by atoms with Crippen molar-refractivity contribution in [1.82, 2.24) is 10.6 Å². The van der Waals surface area contributed by atoms with Gasteiger partial charge in [0.1, 0.15) is 18.4 Å². The maximum absolute atomic E-state index is 15.2. The molecule has 2 N–H and O–H groups in total. The molecule has 0 bridgehead atoms. The van der Waals surface area contributed by atoms with Gasteiger partial charge in [0, 0.05) is 23.6 Å². The van der Waals surface area contributed by atoms with Crippen molar-refractivity contribution in [3.05, 3.63) is 101 Å². The molecule has 0 aromatic heterocycles. The van der Waals surface area contributed by atoms with Crippen LogP contribution in [0.25, 0.3) is 0 Å². The third kappa shape index (κ3) is 10.3. The van der Waals surface area contributed by atoms with Gasteiger partial charge >= 0.3 is 19.4 Å². The number of hydrogen-bond donors (Lipinski definition) is 2. The zero-order valence-electron chi connectivity index (χ0n) is 24.5. The Morgan fingerprint density at radius 1 is 0.909 bits per heavy atom. The quantitative estimate of drug-likeness (QED) is 0.118. The van der Waals surface area contributed by atoms with Crippen LogP contribution in [0.3, 0.4) is 0 Å². The maximum Gasteiger partial charge on any atom is 0.408 e. The van der Waals surface area contributed by atoms with E-state index in [9.17, 15) is 14.2 Å². The Bertz CT molecular complexity index is 1370. The number of benzene rings is 3. The highest BCUT2D eigenvalue weighted by molar-refractivity contribution is 7.54. The van der Waals surface area contributed by atoms with Crippen molar-refractivity contribution in [2.75, 3.05) is 26.4 Å². The lowest BCUT2D eigenvalue weighted by Gasteiger charge is -2.26. The Morgan fingerprint density at radius 3 is 2.16 bits per heavy atom. The number of amides is 2. The molecule has 0 aliphatic rings. The molecule has 0 saturated heterocycles. The lowest BCUT2D eigenvalue weighted by Crippen LogP contribution is -2.48. The molecule has 0 aliphatic heterocycles. The Kier molecular flexibility index (Phi) is 13.6. The summed E-state index contributed by atoms with van der Waals surface area (Å²) >= 11 is 5.88. The zero-order valence-corrected chi connectivity index (χ0v) is 26.1. The second-order valence-corrected chi connectivity index (χ2v) is 12.0. The molecule has 0 aliphatic carbocycles. The third-order valence-electron chi connectivity index (χ3n) is 6.21. The number of rotatable bonds is 17. The molecule has 0 saturated carbocycles. The van der Waals surface area contributed by atoms with E-state index < -0.39 is 36.9 Å². The predicted octanol–water partition coefficient (Wildman–Crippen LogP) is 7.08. The Labute approximate surface area is 260 Å². The van der Waals surface area contributed by atoms with Crippen LogP contribution in [-0.2, 0) is 41.8 Å². The van der Waals surface area contributed by atoms with Crippen LogP contribution in [-0.4, -0.2) is 44.4 Å². The highest BCUT2D eigenvalue weighted by Gasteiger charge is 2.54. The molecule has 3 rings (SSSR count). The molecule has 2 amide bonds. The molecule has 238 valence electrons. The molecule has 0 unspecified atom stereocenters. The molecular weight excluding hydrogens is 617 g/mol. The van der Waals surface area contributed by atoms with Gasteiger partial charge < -0.3 is 29.2 Å². The fourth-order valence-electron chi connectivity index (χ4n) is 4.02. The van der Waals surface area contributed by atoms with E-state index in [1.165, 1.54) is 26.0 Å². The van der Waals surface area contributed by atoms with Gasteiger partial charge in [-0.15, -0.1) is 0 Å². The van der Waals surface area contributed by atoms with E-state index in [1.54, 1.807) is 48.5 Å². The van der Waals surface area contributed by atoms with Gasteiger partial charge in [0.2, 0.25) is 5.91 Å². The summed E-state index contributed by atoms with van der Waals surface area (Å²) in [5.74, 6) is 0.133. The van der Waals surface area contributed by atoms with E-state index in [0.29, 0.717) is 29.4 Å². The van der Waals surface area contributed by atoms with E-state index in [2.05, 4.69) is 10.6 Å². The summed E-state index contributed by atoms with van der Waals surface area (Å²) in [6, 6.07) is 19.7. The summed E-state index contributed by atoms with van der Waals surface area (Å²) in [6.07, 6.45) is -0.380. The number of carbonyl (C=O) groups is 2. The monoisotopic (exact) mass is 652 g/mol. The number of alkyl carbamates (subject to hydrolysis) is 1. The van der Waals surface area contributed by atoms with E-state index in [1.807, 2.05) is 6.07 Å². The summed E-state index contributed by atoms with van der Waals surface area (Å²) in [7, 11) is -4.78. The van der Waals surface area contributed by atoms with Crippen LogP contribution in [0.1, 0.15) is 37.0 Å². The average Bonchev–Trinajstić information content (AvgIpc) is 3.01. The van der Waals surface area contributed by atoms with Crippen LogP contribution in [0.5, 0.6) is 5.75 Å². The average molecular weight is 653 g/mol. The Morgan fingerprint density at radius 2 is 1.55 bits per heavy atom. The van der Waals surface area contributed by atoms with Crippen molar-refractivity contribution >= 4 is 31.2 Å². The lowest BCUT2D eigenvalue weighted by atomic mass is 10.0. The van der Waals surface area contributed by atoms with Crippen LogP contribution in [0, 0.1) is 0 Å². The molecule has 1 atom stereocenters. The normalized spacial score (nSPS) is 12.3. The largest absolute Gasteiger partial charge is 0.494 e. The highest BCUT2D eigenvalue weighted by atomic mass is 35.5. The van der Waals surface area contributed by atoms with Crippen LogP contribution in [0.4, 0.5) is 13.6 Å². The number of alkyl halides is 2. The minimum absolute atomic E-state index is 0.00739. The molecule has 13 heteroatoms. The van der Waals surface area contributed by atoms with Gasteiger partial charge in [0.15, 0.2) is 0 Å². The standard InChI is InChI=1S/C31H36ClF2N2O7P/c1-3-42-44(39,43-4-2)31(33,34)25-13-11-23(12-14-25)21-28(36-30(38)41-22-24-9-6-5-7-10-24)29(37)35-19-8-20-40-27-17-15-26(32)16-18-27/h5-7,9-18,28H,3-4,8,19-22H2,1-2H3,(H,35,37)(H,36,38)/t28-/m0/s1. The van der Waals surface area contributed by atoms with Gasteiger partial charge in [0.25, 0.3) is 0 Å². The Balaban J connectivity index is 1.65. The van der Waals surface area contributed by atoms with Crippen molar-refractivity contribution in [3.63, 3.8) is 0 Å². The molecule has 3 aromatic rings. The maximum atomic E-state index is 15.2. The van der Waals surface area contributed by atoms with Gasteiger partial charge in [0.05, 0.1) is 19.8 Å². The smallest absolute Gasteiger partial charge is 0.408 e. The van der Waals surface area contributed by atoms with Crippen molar-refractivity contribution in [2.45, 2.75) is 45.0 Å². The second kappa shape index (κ2) is 17.1. The third-order valence-corrected chi connectivity index (χ3v) is 8.60. The first-order valence-electron chi connectivity index (χ1n) is 14.1. The molecule has 0 spiro atoms. The number of carbonyl (C=O) groups excluding carboxylic acids is 2. The molecule has 9 nitrogen and oxygen atoms in total. The fraction of sp³-hybridized carbons (Fsp3) is 0.355. The zero-order chi connectivity index (χ0) is 32.0. The number of ether oxygens (including phenoxy) is 2. The first-order valence-corrected chi connectivity index (χ1v) is 16.0. The Hall–Kier alpha value is -3.50. The summed E-state index contributed by atoms with van der Waals surface area (Å²) in [6.45, 7) is 3.01. The summed E-state index contributed by atoms with van der Waals surface area (Å²) < 4.78 is 63.7.